The van der Waals surface area contributed by atoms with Gasteiger partial charge in [0.05, 0.1) is 0 Å². The molecule has 1 aromatic rings. The van der Waals surface area contributed by atoms with E-state index in [0.717, 1.165) is 25.9 Å². The zero-order chi connectivity index (χ0) is 12.1. The molecule has 1 aliphatic heterocycles. The van der Waals surface area contributed by atoms with E-state index in [1.807, 2.05) is 0 Å². The SMILES string of the molecule is CCCN1CCC(Nc2cc(F)ncn2)CC1. The van der Waals surface area contributed by atoms with Gasteiger partial charge in [0.15, 0.2) is 0 Å². The fraction of sp³-hybridized carbons (Fsp3) is 0.667. The van der Waals surface area contributed by atoms with E-state index in [1.54, 1.807) is 0 Å². The molecule has 0 spiro atoms. The molecule has 2 heterocycles. The average molecular weight is 238 g/mol. The van der Waals surface area contributed by atoms with Crippen LogP contribution in [0.1, 0.15) is 26.2 Å². The quantitative estimate of drug-likeness (QED) is 0.813. The van der Waals surface area contributed by atoms with Crippen molar-refractivity contribution >= 4 is 5.82 Å². The van der Waals surface area contributed by atoms with E-state index < -0.39 is 5.95 Å². The molecule has 1 N–H and O–H groups in total. The first kappa shape index (κ1) is 12.2. The van der Waals surface area contributed by atoms with Crippen molar-refractivity contribution in [1.29, 1.82) is 0 Å². The topological polar surface area (TPSA) is 41.0 Å². The molecule has 0 radical (unpaired) electrons. The van der Waals surface area contributed by atoms with E-state index in [9.17, 15) is 4.39 Å². The Bertz CT molecular complexity index is 350. The van der Waals surface area contributed by atoms with E-state index in [2.05, 4.69) is 27.1 Å². The number of halogens is 1. The van der Waals surface area contributed by atoms with Crippen LogP contribution >= 0.6 is 0 Å². The third-order valence-electron chi connectivity index (χ3n) is 3.11. The standard InChI is InChI=1S/C12H19FN4/c1-2-5-17-6-3-10(4-7-17)16-12-8-11(13)14-9-15-12/h8-10H,2-7H2,1H3,(H,14,15,16). The van der Waals surface area contributed by atoms with Crippen LogP contribution in [0, 0.1) is 5.95 Å². The van der Waals surface area contributed by atoms with Gasteiger partial charge < -0.3 is 10.2 Å². The number of piperidine rings is 1. The largest absolute Gasteiger partial charge is 0.367 e. The number of nitrogens with one attached hydrogen (secondary N) is 1. The van der Waals surface area contributed by atoms with Crippen LogP contribution in [-0.4, -0.2) is 40.5 Å². The predicted molar refractivity (Wildman–Crippen MR) is 65.4 cm³/mol. The number of rotatable bonds is 4. The smallest absolute Gasteiger partial charge is 0.217 e. The first-order chi connectivity index (χ1) is 8.28. The summed E-state index contributed by atoms with van der Waals surface area (Å²) in [7, 11) is 0. The van der Waals surface area contributed by atoms with Crippen molar-refractivity contribution in [3.63, 3.8) is 0 Å². The number of hydrogen-bond donors (Lipinski definition) is 1. The molecule has 1 aliphatic rings. The van der Waals surface area contributed by atoms with E-state index >= 15 is 0 Å². The second-order valence-corrected chi connectivity index (χ2v) is 4.49. The summed E-state index contributed by atoms with van der Waals surface area (Å²) in [5.41, 5.74) is 0. The molecule has 0 unspecified atom stereocenters. The van der Waals surface area contributed by atoms with Crippen LogP contribution < -0.4 is 5.32 Å². The van der Waals surface area contributed by atoms with Crippen LogP contribution in [0.5, 0.6) is 0 Å². The fourth-order valence-electron chi connectivity index (χ4n) is 2.24. The lowest BCUT2D eigenvalue weighted by Gasteiger charge is -2.32. The number of nitrogens with zero attached hydrogens (tertiary/aromatic N) is 3. The zero-order valence-corrected chi connectivity index (χ0v) is 10.2. The monoisotopic (exact) mass is 238 g/mol. The minimum absolute atomic E-state index is 0.400. The summed E-state index contributed by atoms with van der Waals surface area (Å²) in [5.74, 6) is 0.109. The number of hydrogen-bond acceptors (Lipinski definition) is 4. The van der Waals surface area contributed by atoms with Gasteiger partial charge in [-0.15, -0.1) is 0 Å². The Morgan fingerprint density at radius 3 is 2.82 bits per heavy atom. The minimum atomic E-state index is -0.481. The molecule has 1 fully saturated rings. The van der Waals surface area contributed by atoms with Crippen molar-refractivity contribution in [2.75, 3.05) is 25.0 Å². The summed E-state index contributed by atoms with van der Waals surface area (Å²) in [6.45, 7) is 5.60. The van der Waals surface area contributed by atoms with Crippen molar-refractivity contribution in [2.45, 2.75) is 32.2 Å². The summed E-state index contributed by atoms with van der Waals surface area (Å²) >= 11 is 0. The van der Waals surface area contributed by atoms with Gasteiger partial charge in [-0.2, -0.15) is 4.39 Å². The molecule has 17 heavy (non-hydrogen) atoms. The average Bonchev–Trinajstić information content (AvgIpc) is 2.32. The summed E-state index contributed by atoms with van der Waals surface area (Å²) in [5, 5.41) is 3.27. The van der Waals surface area contributed by atoms with Gasteiger partial charge in [0, 0.05) is 25.2 Å². The molecule has 1 saturated heterocycles. The van der Waals surface area contributed by atoms with Gasteiger partial charge in [-0.25, -0.2) is 9.97 Å². The zero-order valence-electron chi connectivity index (χ0n) is 10.2. The van der Waals surface area contributed by atoms with Crippen LogP contribution in [0.2, 0.25) is 0 Å². The first-order valence-electron chi connectivity index (χ1n) is 6.24. The Labute approximate surface area is 101 Å². The maximum Gasteiger partial charge on any atom is 0.217 e. The van der Waals surface area contributed by atoms with E-state index in [4.69, 9.17) is 0 Å². The van der Waals surface area contributed by atoms with Crippen LogP contribution in [-0.2, 0) is 0 Å². The van der Waals surface area contributed by atoms with Gasteiger partial charge in [0.2, 0.25) is 5.95 Å². The van der Waals surface area contributed by atoms with Crippen LogP contribution in [0.3, 0.4) is 0 Å². The van der Waals surface area contributed by atoms with Gasteiger partial charge >= 0.3 is 0 Å². The number of likely N-dealkylation sites (tertiary alicyclic amines) is 1. The van der Waals surface area contributed by atoms with Gasteiger partial charge in [0.25, 0.3) is 0 Å². The number of aromatic nitrogens is 2. The molecular weight excluding hydrogens is 219 g/mol. The molecule has 0 atom stereocenters. The maximum atomic E-state index is 12.9. The van der Waals surface area contributed by atoms with Crippen molar-refractivity contribution < 1.29 is 4.39 Å². The molecular formula is C12H19FN4. The first-order valence-corrected chi connectivity index (χ1v) is 6.24. The Balaban J connectivity index is 1.82. The Morgan fingerprint density at radius 2 is 2.18 bits per heavy atom. The molecule has 0 aromatic carbocycles. The summed E-state index contributed by atoms with van der Waals surface area (Å²) < 4.78 is 12.9. The lowest BCUT2D eigenvalue weighted by atomic mass is 10.0. The molecule has 4 nitrogen and oxygen atoms in total. The second kappa shape index (κ2) is 5.91. The van der Waals surface area contributed by atoms with E-state index in [0.29, 0.717) is 11.9 Å². The molecule has 5 heteroatoms. The third kappa shape index (κ3) is 3.63. The van der Waals surface area contributed by atoms with Crippen molar-refractivity contribution in [3.05, 3.63) is 18.3 Å². The lowest BCUT2D eigenvalue weighted by Crippen LogP contribution is -2.39. The fourth-order valence-corrected chi connectivity index (χ4v) is 2.24. The van der Waals surface area contributed by atoms with E-state index in [-0.39, 0.29) is 0 Å². The lowest BCUT2D eigenvalue weighted by molar-refractivity contribution is 0.219. The maximum absolute atomic E-state index is 12.9. The second-order valence-electron chi connectivity index (χ2n) is 4.49. The van der Waals surface area contributed by atoms with Crippen LogP contribution in [0.25, 0.3) is 0 Å². The van der Waals surface area contributed by atoms with Gasteiger partial charge in [-0.3, -0.25) is 0 Å². The molecule has 0 amide bonds. The highest BCUT2D eigenvalue weighted by Gasteiger charge is 2.18. The molecule has 0 saturated carbocycles. The van der Waals surface area contributed by atoms with E-state index in [1.165, 1.54) is 25.4 Å². The predicted octanol–water partition coefficient (Wildman–Crippen LogP) is 1.90. The summed E-state index contributed by atoms with van der Waals surface area (Å²) in [4.78, 5) is 9.93. The summed E-state index contributed by atoms with van der Waals surface area (Å²) in [6.07, 6.45) is 4.64. The highest BCUT2D eigenvalue weighted by Crippen LogP contribution is 2.15. The van der Waals surface area contributed by atoms with Crippen molar-refractivity contribution in [2.24, 2.45) is 0 Å². The van der Waals surface area contributed by atoms with Crippen molar-refractivity contribution in [1.82, 2.24) is 14.9 Å². The molecule has 0 bridgehead atoms. The molecule has 94 valence electrons. The van der Waals surface area contributed by atoms with Crippen LogP contribution in [0.4, 0.5) is 10.2 Å². The Morgan fingerprint density at radius 1 is 1.41 bits per heavy atom. The van der Waals surface area contributed by atoms with Crippen molar-refractivity contribution in [3.8, 4) is 0 Å². The number of anilines is 1. The van der Waals surface area contributed by atoms with Crippen LogP contribution in [0.15, 0.2) is 12.4 Å². The summed E-state index contributed by atoms with van der Waals surface area (Å²) in [6, 6.07) is 1.75. The Kier molecular flexibility index (Phi) is 4.25. The Hall–Kier alpha value is -1.23. The minimum Gasteiger partial charge on any atom is -0.367 e. The molecule has 0 aliphatic carbocycles. The normalized spacial score (nSPS) is 18.2. The van der Waals surface area contributed by atoms with Gasteiger partial charge in [-0.1, -0.05) is 6.92 Å². The third-order valence-corrected chi connectivity index (χ3v) is 3.11. The van der Waals surface area contributed by atoms with Gasteiger partial charge in [-0.05, 0) is 25.8 Å². The molecule has 1 aromatic heterocycles. The highest BCUT2D eigenvalue weighted by molar-refractivity contribution is 5.33. The van der Waals surface area contributed by atoms with Gasteiger partial charge in [0.1, 0.15) is 12.1 Å². The molecule has 2 rings (SSSR count). The highest BCUT2D eigenvalue weighted by atomic mass is 19.1.